The highest BCUT2D eigenvalue weighted by atomic mass is 16.6. The van der Waals surface area contributed by atoms with Crippen molar-refractivity contribution in [1.82, 2.24) is 10.6 Å². The molecule has 1 atom stereocenters. The molecule has 0 spiro atoms. The fourth-order valence-corrected chi connectivity index (χ4v) is 1.63. The summed E-state index contributed by atoms with van der Waals surface area (Å²) in [6.07, 6.45) is 0.0917. The van der Waals surface area contributed by atoms with E-state index in [0.29, 0.717) is 13.0 Å². The van der Waals surface area contributed by atoms with Crippen LogP contribution in [0.3, 0.4) is 0 Å². The second-order valence-corrected chi connectivity index (χ2v) is 6.34. The summed E-state index contributed by atoms with van der Waals surface area (Å²) in [7, 11) is 1.32. The second kappa shape index (κ2) is 9.27. The number of hydrogen-bond donors (Lipinski definition) is 2. The van der Waals surface area contributed by atoms with Gasteiger partial charge in [0.1, 0.15) is 11.6 Å². The zero-order valence-electron chi connectivity index (χ0n) is 14.3. The van der Waals surface area contributed by atoms with Gasteiger partial charge in [-0.1, -0.05) is 13.8 Å². The van der Waals surface area contributed by atoms with Gasteiger partial charge in [0, 0.05) is 13.0 Å². The molecule has 0 bridgehead atoms. The van der Waals surface area contributed by atoms with E-state index in [1.807, 2.05) is 13.8 Å². The SMILES string of the molecule is COC(=O)CCCNC(=O)[C@@H](NC(=O)OC(C)(C)C)C(C)C. The highest BCUT2D eigenvalue weighted by molar-refractivity contribution is 5.85. The van der Waals surface area contributed by atoms with Crippen molar-refractivity contribution in [3.8, 4) is 0 Å². The topological polar surface area (TPSA) is 93.7 Å². The van der Waals surface area contributed by atoms with Crippen molar-refractivity contribution in [2.45, 2.75) is 59.1 Å². The number of carbonyl (C=O) groups excluding carboxylic acids is 3. The maximum atomic E-state index is 12.1. The molecule has 0 rings (SSSR count). The summed E-state index contributed by atoms with van der Waals surface area (Å²) >= 11 is 0. The highest BCUT2D eigenvalue weighted by Gasteiger charge is 2.26. The van der Waals surface area contributed by atoms with Crippen LogP contribution in [0.5, 0.6) is 0 Å². The standard InChI is InChI=1S/C15H28N2O5/c1-10(2)12(17-14(20)22-15(3,4)5)13(19)16-9-7-8-11(18)21-6/h10,12H,7-9H2,1-6H3,(H,16,19)(H,17,20)/t12-/m0/s1. The number of methoxy groups -OCH3 is 1. The quantitative estimate of drug-likeness (QED) is 0.550. The lowest BCUT2D eigenvalue weighted by molar-refractivity contribution is -0.140. The molecule has 0 fully saturated rings. The molecule has 0 aliphatic carbocycles. The predicted octanol–water partition coefficient (Wildman–Crippen LogP) is 1.61. The summed E-state index contributed by atoms with van der Waals surface area (Å²) in [4.78, 5) is 34.8. The Morgan fingerprint density at radius 2 is 1.73 bits per heavy atom. The van der Waals surface area contributed by atoms with E-state index in [4.69, 9.17) is 4.74 Å². The summed E-state index contributed by atoms with van der Waals surface area (Å²) < 4.78 is 9.67. The van der Waals surface area contributed by atoms with Crippen LogP contribution < -0.4 is 10.6 Å². The van der Waals surface area contributed by atoms with Gasteiger partial charge >= 0.3 is 12.1 Å². The zero-order valence-corrected chi connectivity index (χ0v) is 14.3. The Hall–Kier alpha value is -1.79. The van der Waals surface area contributed by atoms with Crippen molar-refractivity contribution in [2.24, 2.45) is 5.92 Å². The zero-order chi connectivity index (χ0) is 17.3. The Labute approximate surface area is 132 Å². The molecule has 0 unspecified atom stereocenters. The van der Waals surface area contributed by atoms with E-state index in [1.54, 1.807) is 20.8 Å². The van der Waals surface area contributed by atoms with Crippen LogP contribution >= 0.6 is 0 Å². The summed E-state index contributed by atoms with van der Waals surface area (Å²) in [6, 6.07) is -0.687. The van der Waals surface area contributed by atoms with Crippen LogP contribution in [0.4, 0.5) is 4.79 Å². The van der Waals surface area contributed by atoms with Crippen molar-refractivity contribution < 1.29 is 23.9 Å². The molecule has 0 saturated carbocycles. The Morgan fingerprint density at radius 1 is 1.14 bits per heavy atom. The van der Waals surface area contributed by atoms with E-state index in [0.717, 1.165) is 0 Å². The van der Waals surface area contributed by atoms with E-state index in [-0.39, 0.29) is 24.2 Å². The molecule has 0 radical (unpaired) electrons. The van der Waals surface area contributed by atoms with Crippen LogP contribution in [0.1, 0.15) is 47.5 Å². The summed E-state index contributed by atoms with van der Waals surface area (Å²) in [5.41, 5.74) is -0.622. The van der Waals surface area contributed by atoms with E-state index < -0.39 is 17.7 Å². The molecule has 7 heteroatoms. The minimum absolute atomic E-state index is 0.0897. The molecular weight excluding hydrogens is 288 g/mol. The largest absolute Gasteiger partial charge is 0.469 e. The predicted molar refractivity (Wildman–Crippen MR) is 82.3 cm³/mol. The van der Waals surface area contributed by atoms with Gasteiger partial charge in [0.05, 0.1) is 7.11 Å². The van der Waals surface area contributed by atoms with Crippen molar-refractivity contribution in [1.29, 1.82) is 0 Å². The lowest BCUT2D eigenvalue weighted by atomic mass is 10.0. The molecule has 2 N–H and O–H groups in total. The maximum absolute atomic E-state index is 12.1. The molecule has 0 aliphatic rings. The van der Waals surface area contributed by atoms with E-state index in [1.165, 1.54) is 7.11 Å². The van der Waals surface area contributed by atoms with Gasteiger partial charge in [0.25, 0.3) is 0 Å². The number of rotatable bonds is 7. The molecule has 22 heavy (non-hydrogen) atoms. The minimum atomic E-state index is -0.687. The summed E-state index contributed by atoms with van der Waals surface area (Å²) in [5, 5.41) is 5.26. The second-order valence-electron chi connectivity index (χ2n) is 6.34. The fraction of sp³-hybridized carbons (Fsp3) is 0.800. The number of ether oxygens (including phenoxy) is 2. The molecule has 0 aromatic heterocycles. The fourth-order valence-electron chi connectivity index (χ4n) is 1.63. The van der Waals surface area contributed by atoms with Crippen LogP contribution in [0, 0.1) is 5.92 Å². The molecule has 7 nitrogen and oxygen atoms in total. The first kappa shape index (κ1) is 20.2. The van der Waals surface area contributed by atoms with Gasteiger partial charge in [-0.2, -0.15) is 0 Å². The third-order valence-corrected chi connectivity index (χ3v) is 2.71. The Balaban J connectivity index is 4.34. The number of hydrogen-bond acceptors (Lipinski definition) is 5. The molecule has 0 heterocycles. The molecule has 0 saturated heterocycles. The number of amides is 2. The van der Waals surface area contributed by atoms with Gasteiger partial charge in [-0.05, 0) is 33.1 Å². The Bertz CT molecular complexity index is 388. The van der Waals surface area contributed by atoms with Crippen LogP contribution in [-0.2, 0) is 19.1 Å². The van der Waals surface area contributed by atoms with Crippen LogP contribution in [-0.4, -0.2) is 43.3 Å². The number of nitrogens with one attached hydrogen (secondary N) is 2. The van der Waals surface area contributed by atoms with Crippen LogP contribution in [0.15, 0.2) is 0 Å². The minimum Gasteiger partial charge on any atom is -0.469 e. The molecule has 128 valence electrons. The molecule has 0 aromatic carbocycles. The third kappa shape index (κ3) is 9.20. The van der Waals surface area contributed by atoms with Crippen molar-refractivity contribution >= 4 is 18.0 Å². The number of carbonyl (C=O) groups is 3. The van der Waals surface area contributed by atoms with Gasteiger partial charge in [-0.15, -0.1) is 0 Å². The van der Waals surface area contributed by atoms with Crippen LogP contribution in [0.25, 0.3) is 0 Å². The van der Waals surface area contributed by atoms with Crippen molar-refractivity contribution in [2.75, 3.05) is 13.7 Å². The molecule has 0 aliphatic heterocycles. The van der Waals surface area contributed by atoms with Gasteiger partial charge < -0.3 is 20.1 Å². The number of alkyl carbamates (subject to hydrolysis) is 1. The third-order valence-electron chi connectivity index (χ3n) is 2.71. The smallest absolute Gasteiger partial charge is 0.408 e. The van der Waals surface area contributed by atoms with Crippen LogP contribution in [0.2, 0.25) is 0 Å². The average molecular weight is 316 g/mol. The highest BCUT2D eigenvalue weighted by Crippen LogP contribution is 2.09. The lowest BCUT2D eigenvalue weighted by Crippen LogP contribution is -2.51. The lowest BCUT2D eigenvalue weighted by Gasteiger charge is -2.25. The number of esters is 1. The van der Waals surface area contributed by atoms with E-state index in [9.17, 15) is 14.4 Å². The van der Waals surface area contributed by atoms with E-state index in [2.05, 4.69) is 15.4 Å². The van der Waals surface area contributed by atoms with E-state index >= 15 is 0 Å². The van der Waals surface area contributed by atoms with Crippen molar-refractivity contribution in [3.63, 3.8) is 0 Å². The van der Waals surface area contributed by atoms with Gasteiger partial charge in [0.2, 0.25) is 5.91 Å². The monoisotopic (exact) mass is 316 g/mol. The molecule has 2 amide bonds. The average Bonchev–Trinajstić information content (AvgIpc) is 2.37. The first-order valence-corrected chi connectivity index (χ1v) is 7.41. The Morgan fingerprint density at radius 3 is 2.18 bits per heavy atom. The first-order chi connectivity index (χ1) is 10.1. The maximum Gasteiger partial charge on any atom is 0.408 e. The molecular formula is C15H28N2O5. The van der Waals surface area contributed by atoms with Gasteiger partial charge in [-0.25, -0.2) is 4.79 Å². The summed E-state index contributed by atoms with van der Waals surface area (Å²) in [6.45, 7) is 9.26. The van der Waals surface area contributed by atoms with Gasteiger partial charge in [0.15, 0.2) is 0 Å². The van der Waals surface area contributed by atoms with Crippen molar-refractivity contribution in [3.05, 3.63) is 0 Å². The summed E-state index contributed by atoms with van der Waals surface area (Å²) in [5.74, 6) is -0.708. The normalized spacial score (nSPS) is 12.5. The van der Waals surface area contributed by atoms with Gasteiger partial charge in [-0.3, -0.25) is 9.59 Å². The molecule has 0 aromatic rings. The first-order valence-electron chi connectivity index (χ1n) is 7.41. The Kier molecular flexibility index (Phi) is 8.52.